The Morgan fingerprint density at radius 1 is 0.966 bits per heavy atom. The molecule has 0 unspecified atom stereocenters. The molecule has 0 bridgehead atoms. The fraction of sp³-hybridized carbons (Fsp3) is 0.318. The van der Waals surface area contributed by atoms with Crippen molar-refractivity contribution in [2.75, 3.05) is 26.0 Å². The van der Waals surface area contributed by atoms with Gasteiger partial charge in [-0.1, -0.05) is 19.8 Å². The number of anilines is 1. The van der Waals surface area contributed by atoms with E-state index in [1.165, 1.54) is 4.90 Å². The second-order valence-electron chi connectivity index (χ2n) is 6.77. The van der Waals surface area contributed by atoms with Crippen molar-refractivity contribution in [2.24, 2.45) is 0 Å². The smallest absolute Gasteiger partial charge is 0.257 e. The van der Waals surface area contributed by atoms with E-state index in [2.05, 4.69) is 17.6 Å². The molecule has 0 heterocycles. The van der Waals surface area contributed by atoms with E-state index in [1.807, 2.05) is 0 Å². The molecular weight excluding hydrogens is 386 g/mol. The molecule has 0 aromatic heterocycles. The van der Waals surface area contributed by atoms with Crippen molar-refractivity contribution in [3.63, 3.8) is 0 Å². The van der Waals surface area contributed by atoms with Gasteiger partial charge in [-0.3, -0.25) is 14.9 Å². The summed E-state index contributed by atoms with van der Waals surface area (Å²) in [6, 6.07) is 13.8. The summed E-state index contributed by atoms with van der Waals surface area (Å²) in [4.78, 5) is 25.8. The van der Waals surface area contributed by atoms with Gasteiger partial charge in [-0.05, 0) is 67.2 Å². The molecule has 154 valence electrons. The quantitative estimate of drug-likeness (QED) is 0.504. The number of amides is 2. The summed E-state index contributed by atoms with van der Waals surface area (Å²) in [5.74, 6) is 0.357. The van der Waals surface area contributed by atoms with E-state index in [4.69, 9.17) is 17.0 Å². The maximum absolute atomic E-state index is 12.3. The molecule has 0 saturated heterocycles. The number of ether oxygens (including phenoxy) is 1. The lowest BCUT2D eigenvalue weighted by Gasteiger charge is -2.12. The van der Waals surface area contributed by atoms with Crippen LogP contribution in [0, 0.1) is 0 Å². The Morgan fingerprint density at radius 2 is 1.59 bits per heavy atom. The van der Waals surface area contributed by atoms with E-state index in [1.54, 1.807) is 62.6 Å². The Hall–Kier alpha value is -2.93. The van der Waals surface area contributed by atoms with E-state index in [0.717, 1.165) is 25.0 Å². The van der Waals surface area contributed by atoms with Crippen LogP contribution in [0.3, 0.4) is 0 Å². The average molecular weight is 414 g/mol. The number of benzene rings is 2. The maximum atomic E-state index is 12.3. The molecule has 2 aromatic carbocycles. The average Bonchev–Trinajstić information content (AvgIpc) is 2.71. The Bertz CT molecular complexity index is 833. The summed E-state index contributed by atoms with van der Waals surface area (Å²) in [5.41, 5.74) is 1.75. The van der Waals surface area contributed by atoms with Crippen molar-refractivity contribution in [2.45, 2.75) is 26.2 Å². The van der Waals surface area contributed by atoms with Gasteiger partial charge in [0.15, 0.2) is 5.11 Å². The van der Waals surface area contributed by atoms with Crippen LogP contribution in [0.2, 0.25) is 0 Å². The molecule has 2 aromatic rings. The minimum absolute atomic E-state index is 0.0785. The molecule has 0 aliphatic rings. The first-order valence-electron chi connectivity index (χ1n) is 9.57. The molecule has 7 heteroatoms. The molecule has 0 fully saturated rings. The van der Waals surface area contributed by atoms with Gasteiger partial charge in [0.05, 0.1) is 6.61 Å². The highest BCUT2D eigenvalue weighted by atomic mass is 32.1. The highest BCUT2D eigenvalue weighted by Crippen LogP contribution is 2.14. The minimum atomic E-state index is -0.306. The second-order valence-corrected chi connectivity index (χ2v) is 7.17. The highest BCUT2D eigenvalue weighted by Gasteiger charge is 2.10. The third-order valence-electron chi connectivity index (χ3n) is 4.16. The standard InChI is InChI=1S/C22H27N3O3S/c1-4-5-6-15-28-19-13-9-16(10-14-19)20(26)24-22(29)23-18-11-7-17(8-12-18)21(27)25(2)3/h7-14H,4-6,15H2,1-3H3,(H2,23,24,26,29). The van der Waals surface area contributed by atoms with Gasteiger partial charge in [-0.2, -0.15) is 0 Å². The monoisotopic (exact) mass is 413 g/mol. The number of carbonyl (C=O) groups is 2. The second kappa shape index (κ2) is 11.2. The number of carbonyl (C=O) groups excluding carboxylic acids is 2. The predicted octanol–water partition coefficient (Wildman–Crippen LogP) is 4.08. The summed E-state index contributed by atoms with van der Waals surface area (Å²) in [6.07, 6.45) is 3.30. The Labute approximate surface area is 177 Å². The van der Waals surface area contributed by atoms with Crippen molar-refractivity contribution < 1.29 is 14.3 Å². The first-order chi connectivity index (χ1) is 13.9. The fourth-order valence-electron chi connectivity index (χ4n) is 2.54. The summed E-state index contributed by atoms with van der Waals surface area (Å²) in [7, 11) is 3.40. The molecule has 29 heavy (non-hydrogen) atoms. The van der Waals surface area contributed by atoms with Crippen molar-refractivity contribution in [1.29, 1.82) is 0 Å². The molecule has 6 nitrogen and oxygen atoms in total. The highest BCUT2D eigenvalue weighted by molar-refractivity contribution is 7.80. The molecule has 0 radical (unpaired) electrons. The SMILES string of the molecule is CCCCCOc1ccc(C(=O)NC(=S)Nc2ccc(C(=O)N(C)C)cc2)cc1. The molecule has 0 aliphatic heterocycles. The van der Waals surface area contributed by atoms with Gasteiger partial charge in [-0.25, -0.2) is 0 Å². The summed E-state index contributed by atoms with van der Waals surface area (Å²) in [5, 5.41) is 5.77. The largest absolute Gasteiger partial charge is 0.494 e. The zero-order valence-corrected chi connectivity index (χ0v) is 17.8. The lowest BCUT2D eigenvalue weighted by molar-refractivity contribution is 0.0827. The van der Waals surface area contributed by atoms with Crippen LogP contribution < -0.4 is 15.4 Å². The topological polar surface area (TPSA) is 70.7 Å². The molecule has 0 spiro atoms. The van der Waals surface area contributed by atoms with Crippen LogP contribution in [-0.4, -0.2) is 42.5 Å². The summed E-state index contributed by atoms with van der Waals surface area (Å²) >= 11 is 5.20. The number of nitrogens with zero attached hydrogens (tertiary/aromatic N) is 1. The summed E-state index contributed by atoms with van der Waals surface area (Å²) < 4.78 is 5.65. The van der Waals surface area contributed by atoms with E-state index in [0.29, 0.717) is 23.4 Å². The zero-order chi connectivity index (χ0) is 21.2. The normalized spacial score (nSPS) is 10.2. The Balaban J connectivity index is 1.85. The van der Waals surface area contributed by atoms with E-state index >= 15 is 0 Å². The predicted molar refractivity (Wildman–Crippen MR) is 120 cm³/mol. The molecule has 0 aliphatic carbocycles. The van der Waals surface area contributed by atoms with Crippen LogP contribution in [0.1, 0.15) is 46.9 Å². The van der Waals surface area contributed by atoms with Crippen LogP contribution in [0.25, 0.3) is 0 Å². The zero-order valence-electron chi connectivity index (χ0n) is 17.0. The van der Waals surface area contributed by atoms with Gasteiger partial charge in [0, 0.05) is 30.9 Å². The number of unbranched alkanes of at least 4 members (excludes halogenated alkanes) is 2. The number of nitrogens with one attached hydrogen (secondary N) is 2. The van der Waals surface area contributed by atoms with Gasteiger partial charge >= 0.3 is 0 Å². The lowest BCUT2D eigenvalue weighted by atomic mass is 10.2. The number of rotatable bonds is 8. The van der Waals surface area contributed by atoms with E-state index < -0.39 is 0 Å². The third-order valence-corrected chi connectivity index (χ3v) is 4.36. The number of hydrogen-bond donors (Lipinski definition) is 2. The van der Waals surface area contributed by atoms with Gasteiger partial charge < -0.3 is 15.0 Å². The van der Waals surface area contributed by atoms with Gasteiger partial charge in [0.2, 0.25) is 0 Å². The lowest BCUT2D eigenvalue weighted by Crippen LogP contribution is -2.34. The molecule has 2 rings (SSSR count). The number of thiocarbonyl (C=S) groups is 1. The molecule has 2 amide bonds. The van der Waals surface area contributed by atoms with E-state index in [-0.39, 0.29) is 16.9 Å². The molecule has 0 atom stereocenters. The van der Waals surface area contributed by atoms with Crippen molar-refractivity contribution in [3.05, 3.63) is 59.7 Å². The van der Waals surface area contributed by atoms with Gasteiger partial charge in [0.25, 0.3) is 11.8 Å². The first-order valence-corrected chi connectivity index (χ1v) is 9.98. The van der Waals surface area contributed by atoms with Crippen LogP contribution in [-0.2, 0) is 0 Å². The molecular formula is C22H27N3O3S. The number of hydrogen-bond acceptors (Lipinski definition) is 4. The van der Waals surface area contributed by atoms with Crippen molar-refractivity contribution in [3.8, 4) is 5.75 Å². The van der Waals surface area contributed by atoms with Gasteiger partial charge in [0.1, 0.15) is 5.75 Å². The Kier molecular flexibility index (Phi) is 8.61. The maximum Gasteiger partial charge on any atom is 0.257 e. The van der Waals surface area contributed by atoms with Crippen LogP contribution in [0.15, 0.2) is 48.5 Å². The van der Waals surface area contributed by atoms with Crippen molar-refractivity contribution in [1.82, 2.24) is 10.2 Å². The Morgan fingerprint density at radius 3 is 2.17 bits per heavy atom. The van der Waals surface area contributed by atoms with Crippen LogP contribution in [0.5, 0.6) is 5.75 Å². The van der Waals surface area contributed by atoms with Crippen LogP contribution in [0.4, 0.5) is 5.69 Å². The van der Waals surface area contributed by atoms with E-state index in [9.17, 15) is 9.59 Å². The summed E-state index contributed by atoms with van der Waals surface area (Å²) in [6.45, 7) is 2.82. The molecule has 0 saturated carbocycles. The van der Waals surface area contributed by atoms with Crippen LogP contribution >= 0.6 is 12.2 Å². The third kappa shape index (κ3) is 7.19. The van der Waals surface area contributed by atoms with Gasteiger partial charge in [-0.15, -0.1) is 0 Å². The minimum Gasteiger partial charge on any atom is -0.494 e. The molecule has 2 N–H and O–H groups in total. The fourth-order valence-corrected chi connectivity index (χ4v) is 2.75. The van der Waals surface area contributed by atoms with Crippen molar-refractivity contribution >= 4 is 34.8 Å². The first kappa shape index (κ1) is 22.4.